The third kappa shape index (κ3) is 17.4. The van der Waals surface area contributed by atoms with Gasteiger partial charge in [0.1, 0.15) is 13.1 Å². The van der Waals surface area contributed by atoms with Gasteiger partial charge in [-0.05, 0) is 0 Å². The Balaban J connectivity index is 0. The molecule has 0 aliphatic carbocycles. The highest BCUT2D eigenvalue weighted by atomic mass is 35.5. The van der Waals surface area contributed by atoms with Crippen molar-refractivity contribution in [2.45, 2.75) is 80.9 Å². The summed E-state index contributed by atoms with van der Waals surface area (Å²) in [5, 5.41) is 1.56. The second-order valence-electron chi connectivity index (χ2n) is 6.22. The number of halogens is 1. The maximum Gasteiger partial charge on any atom is 0.124 e. The molecule has 0 atom stereocenters. The van der Waals surface area contributed by atoms with Crippen molar-refractivity contribution in [3.63, 3.8) is 0 Å². The molecule has 0 saturated carbocycles. The number of hydrogen-bond acceptors (Lipinski definition) is 0. The Labute approximate surface area is 106 Å². The first kappa shape index (κ1) is 18.2. The van der Waals surface area contributed by atoms with Crippen molar-refractivity contribution < 1.29 is 0 Å². The molecule has 0 rings (SSSR count). The molecule has 0 N–H and O–H groups in total. The highest BCUT2D eigenvalue weighted by molar-refractivity contribution is 6.76. The third-order valence-electron chi connectivity index (χ3n) is 2.92. The Morgan fingerprint density at radius 1 is 0.667 bits per heavy atom. The Morgan fingerprint density at radius 3 is 1.47 bits per heavy atom. The van der Waals surface area contributed by atoms with Crippen molar-refractivity contribution in [1.82, 2.24) is 0 Å². The van der Waals surface area contributed by atoms with E-state index in [4.69, 9.17) is 0 Å². The zero-order valence-electron chi connectivity index (χ0n) is 11.3. The minimum absolute atomic E-state index is 0. The predicted octanol–water partition coefficient (Wildman–Crippen LogP) is 5.89. The molecular formula is C13H31AlCl-. The Bertz CT molecular complexity index is 118. The van der Waals surface area contributed by atoms with Gasteiger partial charge >= 0.3 is 0 Å². The molecule has 15 heavy (non-hydrogen) atoms. The van der Waals surface area contributed by atoms with Crippen LogP contribution in [-0.4, -0.2) is 13.1 Å². The largest absolute Gasteiger partial charge is 0.204 e. The van der Waals surface area contributed by atoms with Gasteiger partial charge in [-0.1, -0.05) is 58.3 Å². The van der Waals surface area contributed by atoms with Crippen molar-refractivity contribution in [3.05, 3.63) is 0 Å². The molecule has 0 unspecified atom stereocenters. The van der Waals surface area contributed by atoms with Gasteiger partial charge in [0.15, 0.2) is 0 Å². The summed E-state index contributed by atoms with van der Waals surface area (Å²) in [4.78, 5) is 0. The summed E-state index contributed by atoms with van der Waals surface area (Å²) in [7, 11) is 0. The normalized spacial score (nSPS) is 11.2. The van der Waals surface area contributed by atoms with Crippen LogP contribution >= 0.6 is 12.4 Å². The summed E-state index contributed by atoms with van der Waals surface area (Å²) in [6.07, 6.45) is 11.7. The topological polar surface area (TPSA) is 0 Å². The Morgan fingerprint density at radius 2 is 1.07 bits per heavy atom. The molecule has 0 amide bonds. The smallest absolute Gasteiger partial charge is 0.124 e. The summed E-state index contributed by atoms with van der Waals surface area (Å²) in [5.74, 6) is 7.52. The maximum atomic E-state index is 2.51. The molecule has 0 nitrogen and oxygen atoms in total. The zero-order valence-corrected chi connectivity index (χ0v) is 13.3. The van der Waals surface area contributed by atoms with Gasteiger partial charge in [-0.15, -0.1) is 12.4 Å². The van der Waals surface area contributed by atoms with Crippen LogP contribution in [-0.2, 0) is 0 Å². The van der Waals surface area contributed by atoms with E-state index in [0.717, 1.165) is 0 Å². The third-order valence-corrected chi connectivity index (χ3v) is 5.06. The van der Waals surface area contributed by atoms with Gasteiger partial charge in [0.25, 0.3) is 0 Å². The van der Waals surface area contributed by atoms with E-state index in [0.29, 0.717) is 0 Å². The van der Waals surface area contributed by atoms with Crippen LogP contribution in [0, 0.1) is 0 Å². The molecule has 0 fully saturated rings. The van der Waals surface area contributed by atoms with E-state index in [1.54, 1.807) is 5.28 Å². The first-order chi connectivity index (χ1) is 6.56. The summed E-state index contributed by atoms with van der Waals surface area (Å²) in [5.41, 5.74) is 0. The maximum absolute atomic E-state index is 2.51. The van der Waals surface area contributed by atoms with Crippen molar-refractivity contribution in [3.8, 4) is 0 Å². The summed E-state index contributed by atoms with van der Waals surface area (Å²) < 4.78 is 0. The number of rotatable bonds is 9. The molecule has 0 bridgehead atoms. The minimum atomic E-state index is -0.995. The minimum Gasteiger partial charge on any atom is -0.204 e. The van der Waals surface area contributed by atoms with Gasteiger partial charge < -0.3 is 0 Å². The van der Waals surface area contributed by atoms with Gasteiger partial charge in [0.2, 0.25) is 0 Å². The lowest BCUT2D eigenvalue weighted by molar-refractivity contribution is 0.584. The average molecular weight is 250 g/mol. The van der Waals surface area contributed by atoms with Crippen LogP contribution in [0.4, 0.5) is 0 Å². The highest BCUT2D eigenvalue weighted by Gasteiger charge is 2.08. The van der Waals surface area contributed by atoms with Gasteiger partial charge in [-0.3, -0.25) is 0 Å². The molecular weight excluding hydrogens is 219 g/mol. The van der Waals surface area contributed by atoms with E-state index < -0.39 is 13.1 Å². The second kappa shape index (κ2) is 11.3. The van der Waals surface area contributed by atoms with Crippen LogP contribution in [0.3, 0.4) is 0 Å². The summed E-state index contributed by atoms with van der Waals surface area (Å²) >= 11 is -0.995. The number of hydrogen-bond donors (Lipinski definition) is 0. The monoisotopic (exact) mass is 249 g/mol. The van der Waals surface area contributed by atoms with Crippen LogP contribution in [0.5, 0.6) is 0 Å². The van der Waals surface area contributed by atoms with E-state index in [9.17, 15) is 0 Å². The molecule has 0 aromatic rings. The van der Waals surface area contributed by atoms with Crippen LogP contribution in [0.1, 0.15) is 58.3 Å². The molecule has 0 spiro atoms. The second-order valence-corrected chi connectivity index (χ2v) is 12.7. The van der Waals surface area contributed by atoms with Gasteiger partial charge in [-0.2, -0.15) is 5.28 Å². The van der Waals surface area contributed by atoms with Gasteiger partial charge in [0, 0.05) is 0 Å². The fourth-order valence-corrected chi connectivity index (χ4v) is 3.40. The molecule has 0 radical (unpaired) electrons. The summed E-state index contributed by atoms with van der Waals surface area (Å²) in [6, 6.07) is 0. The quantitative estimate of drug-likeness (QED) is 0.353. The van der Waals surface area contributed by atoms with E-state index >= 15 is 0 Å². The predicted molar refractivity (Wildman–Crippen MR) is 78.0 cm³/mol. The zero-order chi connectivity index (χ0) is 10.9. The summed E-state index contributed by atoms with van der Waals surface area (Å²) in [6.45, 7) is 2.29. The highest BCUT2D eigenvalue weighted by Crippen LogP contribution is 2.15. The van der Waals surface area contributed by atoms with Crippen LogP contribution in [0.15, 0.2) is 0 Å². The average Bonchev–Trinajstić information content (AvgIpc) is 2.08. The molecule has 2 heteroatoms. The van der Waals surface area contributed by atoms with Gasteiger partial charge in [-0.25, -0.2) is 17.4 Å². The Hall–Kier alpha value is 0.822. The lowest BCUT2D eigenvalue weighted by atomic mass is 10.1. The number of unbranched alkanes of at least 4 members (excludes halogenated alkanes) is 7. The molecule has 0 heterocycles. The van der Waals surface area contributed by atoms with Crippen molar-refractivity contribution >= 4 is 25.5 Å². The molecule has 0 aromatic heterocycles. The van der Waals surface area contributed by atoms with Crippen molar-refractivity contribution in [1.29, 1.82) is 0 Å². The van der Waals surface area contributed by atoms with Crippen LogP contribution < -0.4 is 0 Å². The van der Waals surface area contributed by atoms with E-state index in [-0.39, 0.29) is 12.4 Å². The van der Waals surface area contributed by atoms with E-state index in [1.165, 1.54) is 51.4 Å². The Kier molecular flexibility index (Phi) is 13.7. The lowest BCUT2D eigenvalue weighted by Crippen LogP contribution is -2.18. The molecule has 94 valence electrons. The SMILES string of the molecule is CCCCCCCCC[CH2][Al-]([CH3])([CH3])[CH3].Cl. The first-order valence-corrected chi connectivity index (χ1v) is 11.1. The van der Waals surface area contributed by atoms with Crippen molar-refractivity contribution in [2.24, 2.45) is 0 Å². The van der Waals surface area contributed by atoms with E-state index in [2.05, 4.69) is 24.3 Å². The van der Waals surface area contributed by atoms with E-state index in [1.807, 2.05) is 0 Å². The lowest BCUT2D eigenvalue weighted by Gasteiger charge is -2.18. The van der Waals surface area contributed by atoms with Crippen molar-refractivity contribution in [2.75, 3.05) is 0 Å². The molecule has 0 aliphatic rings. The fourth-order valence-electron chi connectivity index (χ4n) is 1.89. The van der Waals surface area contributed by atoms with Crippen LogP contribution in [0.25, 0.3) is 0 Å². The standard InChI is InChI=1S/C10H21.3CH3.Al.ClH/c1-3-5-7-9-10-8-6-4-2;;;;;/h1,3-10H2,2H3;3*1H3;;1H/q;;;;-1;. The molecule has 0 saturated heterocycles. The molecule has 0 aliphatic heterocycles. The van der Waals surface area contributed by atoms with Crippen LogP contribution in [0.2, 0.25) is 22.6 Å². The molecule has 0 aromatic carbocycles. The fraction of sp³-hybridized carbons (Fsp3) is 1.00. The first-order valence-electron chi connectivity index (χ1n) is 6.85. The van der Waals surface area contributed by atoms with Gasteiger partial charge in [0.05, 0.1) is 0 Å².